The maximum absolute atomic E-state index is 12.7. The summed E-state index contributed by atoms with van der Waals surface area (Å²) in [6.45, 7) is 6.52. The Bertz CT molecular complexity index is 1270. The topological polar surface area (TPSA) is 96.5 Å². The van der Waals surface area contributed by atoms with Crippen LogP contribution in [0.4, 0.5) is 11.4 Å². The molecule has 1 amide bonds. The van der Waals surface area contributed by atoms with Crippen molar-refractivity contribution in [2.24, 2.45) is 0 Å². The number of sulfonamides is 1. The Morgan fingerprint density at radius 1 is 0.912 bits per heavy atom. The molecular formula is C25H27N3O4S2. The molecule has 178 valence electrons. The van der Waals surface area contributed by atoms with Crippen LogP contribution < -0.4 is 20.1 Å². The highest BCUT2D eigenvalue weighted by Crippen LogP contribution is 2.20. The number of anilines is 2. The summed E-state index contributed by atoms with van der Waals surface area (Å²) in [6.07, 6.45) is 0.901. The van der Waals surface area contributed by atoms with E-state index in [9.17, 15) is 13.2 Å². The number of carbonyl (C=O) groups excluding carboxylic acids is 1. The molecule has 0 atom stereocenters. The van der Waals surface area contributed by atoms with Crippen LogP contribution in [-0.4, -0.2) is 26.0 Å². The van der Waals surface area contributed by atoms with Crippen LogP contribution in [-0.2, 0) is 10.0 Å². The van der Waals surface area contributed by atoms with Gasteiger partial charge >= 0.3 is 0 Å². The summed E-state index contributed by atoms with van der Waals surface area (Å²) in [5, 5.41) is 5.59. The molecule has 3 aromatic carbocycles. The lowest BCUT2D eigenvalue weighted by Crippen LogP contribution is -2.34. The van der Waals surface area contributed by atoms with Gasteiger partial charge in [0.1, 0.15) is 5.75 Å². The summed E-state index contributed by atoms with van der Waals surface area (Å²) >= 11 is 5.21. The zero-order valence-electron chi connectivity index (χ0n) is 19.2. The van der Waals surface area contributed by atoms with Crippen LogP contribution >= 0.6 is 12.2 Å². The molecule has 0 saturated carbocycles. The number of hydrogen-bond donors (Lipinski definition) is 3. The Hall–Kier alpha value is -3.43. The zero-order chi connectivity index (χ0) is 24.7. The van der Waals surface area contributed by atoms with Crippen molar-refractivity contribution in [3.8, 4) is 5.75 Å². The zero-order valence-corrected chi connectivity index (χ0v) is 20.8. The molecule has 0 aliphatic heterocycles. The van der Waals surface area contributed by atoms with Crippen molar-refractivity contribution in [3.63, 3.8) is 0 Å². The van der Waals surface area contributed by atoms with Gasteiger partial charge in [-0.2, -0.15) is 0 Å². The molecule has 0 radical (unpaired) electrons. The smallest absolute Gasteiger partial charge is 0.261 e. The van der Waals surface area contributed by atoms with Gasteiger partial charge in [0.15, 0.2) is 5.11 Å². The fourth-order valence-electron chi connectivity index (χ4n) is 3.00. The molecule has 3 N–H and O–H groups in total. The van der Waals surface area contributed by atoms with Gasteiger partial charge in [0, 0.05) is 16.9 Å². The fraction of sp³-hybridized carbons (Fsp3) is 0.200. The number of ether oxygens (including phenoxy) is 1. The van der Waals surface area contributed by atoms with Crippen molar-refractivity contribution in [3.05, 3.63) is 83.4 Å². The molecule has 0 aliphatic carbocycles. The molecule has 0 aliphatic rings. The van der Waals surface area contributed by atoms with Crippen molar-refractivity contribution < 1.29 is 17.9 Å². The first-order valence-electron chi connectivity index (χ1n) is 10.7. The van der Waals surface area contributed by atoms with Crippen molar-refractivity contribution in [2.75, 3.05) is 16.6 Å². The predicted molar refractivity (Wildman–Crippen MR) is 139 cm³/mol. The number of hydrogen-bond acceptors (Lipinski definition) is 5. The Labute approximate surface area is 205 Å². The van der Waals surface area contributed by atoms with E-state index in [2.05, 4.69) is 15.4 Å². The van der Waals surface area contributed by atoms with Crippen LogP contribution in [0.15, 0.2) is 71.6 Å². The van der Waals surface area contributed by atoms with E-state index in [1.54, 1.807) is 48.5 Å². The number of carbonyl (C=O) groups is 1. The highest BCUT2D eigenvalue weighted by molar-refractivity contribution is 7.92. The van der Waals surface area contributed by atoms with Gasteiger partial charge < -0.3 is 10.1 Å². The van der Waals surface area contributed by atoms with Crippen LogP contribution in [0.5, 0.6) is 5.75 Å². The number of amides is 1. The minimum atomic E-state index is -3.74. The summed E-state index contributed by atoms with van der Waals surface area (Å²) in [4.78, 5) is 12.5. The number of nitrogens with one attached hydrogen (secondary N) is 3. The molecule has 0 bridgehead atoms. The van der Waals surface area contributed by atoms with E-state index in [-0.39, 0.29) is 15.9 Å². The quantitative estimate of drug-likeness (QED) is 0.378. The molecule has 3 aromatic rings. The van der Waals surface area contributed by atoms with E-state index in [0.717, 1.165) is 17.5 Å². The lowest BCUT2D eigenvalue weighted by atomic mass is 10.1. The molecule has 34 heavy (non-hydrogen) atoms. The highest BCUT2D eigenvalue weighted by Gasteiger charge is 2.15. The van der Waals surface area contributed by atoms with E-state index >= 15 is 0 Å². The molecule has 0 unspecified atom stereocenters. The lowest BCUT2D eigenvalue weighted by molar-refractivity contribution is 0.0977. The van der Waals surface area contributed by atoms with Gasteiger partial charge in [-0.3, -0.25) is 14.8 Å². The van der Waals surface area contributed by atoms with Crippen molar-refractivity contribution in [2.45, 2.75) is 32.1 Å². The van der Waals surface area contributed by atoms with Gasteiger partial charge in [0.2, 0.25) is 0 Å². The van der Waals surface area contributed by atoms with Crippen LogP contribution in [0.3, 0.4) is 0 Å². The molecule has 3 rings (SSSR count). The van der Waals surface area contributed by atoms with Crippen LogP contribution in [0.2, 0.25) is 0 Å². The van der Waals surface area contributed by atoms with Crippen molar-refractivity contribution in [1.29, 1.82) is 0 Å². The summed E-state index contributed by atoms with van der Waals surface area (Å²) < 4.78 is 33.5. The summed E-state index contributed by atoms with van der Waals surface area (Å²) in [5.74, 6) is 0.331. The second kappa shape index (κ2) is 11.1. The molecule has 0 aromatic heterocycles. The monoisotopic (exact) mass is 497 g/mol. The van der Waals surface area contributed by atoms with Crippen molar-refractivity contribution >= 4 is 44.6 Å². The molecule has 9 heteroatoms. The number of thiocarbonyl (C=S) groups is 1. The Morgan fingerprint density at radius 3 is 2.18 bits per heavy atom. The second-order valence-corrected chi connectivity index (χ2v) is 9.80. The molecule has 0 heterocycles. The normalized spacial score (nSPS) is 10.9. The maximum atomic E-state index is 12.7. The molecule has 0 spiro atoms. The third-order valence-electron chi connectivity index (χ3n) is 5.00. The first kappa shape index (κ1) is 25.2. The predicted octanol–water partition coefficient (Wildman–Crippen LogP) is 5.02. The van der Waals surface area contributed by atoms with Gasteiger partial charge in [0.05, 0.1) is 11.5 Å². The summed E-state index contributed by atoms with van der Waals surface area (Å²) in [6, 6.07) is 18.2. The van der Waals surface area contributed by atoms with Gasteiger partial charge in [-0.15, -0.1) is 0 Å². The van der Waals surface area contributed by atoms with Gasteiger partial charge in [0.25, 0.3) is 15.9 Å². The minimum Gasteiger partial charge on any atom is -0.494 e. The average molecular weight is 498 g/mol. The number of aryl methyl sites for hydroxylation is 2. The van der Waals surface area contributed by atoms with Crippen LogP contribution in [0.25, 0.3) is 0 Å². The number of benzene rings is 3. The van der Waals surface area contributed by atoms with E-state index in [0.29, 0.717) is 29.3 Å². The average Bonchev–Trinajstić information content (AvgIpc) is 2.80. The standard InChI is InChI=1S/C25H27N3O4S2/c1-4-15-32-22-11-6-19(7-12-22)24(29)27-25(33)26-20-9-13-23(14-10-20)34(30,31)28-21-8-5-17(2)18(3)16-21/h5-14,16,28H,4,15H2,1-3H3,(H2,26,27,29,33). The van der Waals surface area contributed by atoms with Gasteiger partial charge in [-0.25, -0.2) is 8.42 Å². The lowest BCUT2D eigenvalue weighted by Gasteiger charge is -2.12. The SMILES string of the molecule is CCCOc1ccc(C(=O)NC(=S)Nc2ccc(S(=O)(=O)Nc3ccc(C)c(C)c3)cc2)cc1. The molecular weight excluding hydrogens is 470 g/mol. The third kappa shape index (κ3) is 6.79. The first-order valence-corrected chi connectivity index (χ1v) is 12.6. The Balaban J connectivity index is 1.58. The molecule has 7 nitrogen and oxygen atoms in total. The fourth-order valence-corrected chi connectivity index (χ4v) is 4.26. The summed E-state index contributed by atoms with van der Waals surface area (Å²) in [5.41, 5.74) is 3.56. The van der Waals surface area contributed by atoms with Crippen LogP contribution in [0.1, 0.15) is 34.8 Å². The minimum absolute atomic E-state index is 0.0974. The number of rotatable bonds is 8. The van der Waals surface area contributed by atoms with E-state index in [1.165, 1.54) is 12.1 Å². The van der Waals surface area contributed by atoms with E-state index in [4.69, 9.17) is 17.0 Å². The van der Waals surface area contributed by atoms with Crippen LogP contribution in [0, 0.1) is 13.8 Å². The Morgan fingerprint density at radius 2 is 1.56 bits per heavy atom. The maximum Gasteiger partial charge on any atom is 0.261 e. The van der Waals surface area contributed by atoms with E-state index < -0.39 is 10.0 Å². The Kier molecular flexibility index (Phi) is 8.25. The molecule has 0 saturated heterocycles. The molecule has 0 fully saturated rings. The van der Waals surface area contributed by atoms with Crippen molar-refractivity contribution in [1.82, 2.24) is 5.32 Å². The van der Waals surface area contributed by atoms with E-state index in [1.807, 2.05) is 26.8 Å². The third-order valence-corrected chi connectivity index (χ3v) is 6.60. The first-order chi connectivity index (χ1) is 16.2. The largest absolute Gasteiger partial charge is 0.494 e. The highest BCUT2D eigenvalue weighted by atomic mass is 32.2. The van der Waals surface area contributed by atoms with Gasteiger partial charge in [-0.05, 0) is 104 Å². The second-order valence-electron chi connectivity index (χ2n) is 7.71. The summed E-state index contributed by atoms with van der Waals surface area (Å²) in [7, 11) is -3.74. The van der Waals surface area contributed by atoms with Gasteiger partial charge in [-0.1, -0.05) is 13.0 Å².